The number of rotatable bonds is 7. The van der Waals surface area contributed by atoms with Gasteiger partial charge >= 0.3 is 5.97 Å². The number of pyridine rings is 1. The highest BCUT2D eigenvalue weighted by Crippen LogP contribution is 2.23. The highest BCUT2D eigenvalue weighted by atomic mass is 16.4. The number of hydrogen-bond donors (Lipinski definition) is 2. The van der Waals surface area contributed by atoms with Crippen molar-refractivity contribution in [3.8, 4) is 11.1 Å². The standard InChI is InChI=1S/C22H20N2O3/c23-20(12-15-4-2-1-3-5-15)21(25)13-16-10-18(14-19(11-16)22(26)27)17-6-8-24-9-7-17/h1-11,14,20H,12-13,23H2,(H,26,27)/t20-/m0/s1. The van der Waals surface area contributed by atoms with E-state index in [2.05, 4.69) is 4.98 Å². The second kappa shape index (κ2) is 8.38. The third kappa shape index (κ3) is 4.86. The van der Waals surface area contributed by atoms with Crippen LogP contribution < -0.4 is 5.73 Å². The first-order chi connectivity index (χ1) is 13.0. The van der Waals surface area contributed by atoms with E-state index in [1.165, 1.54) is 6.07 Å². The molecule has 136 valence electrons. The van der Waals surface area contributed by atoms with Crippen LogP contribution in [-0.4, -0.2) is 27.9 Å². The maximum absolute atomic E-state index is 12.6. The Hall–Kier alpha value is -3.31. The summed E-state index contributed by atoms with van der Waals surface area (Å²) in [5.74, 6) is -1.16. The van der Waals surface area contributed by atoms with E-state index in [0.29, 0.717) is 12.0 Å². The molecule has 0 saturated heterocycles. The summed E-state index contributed by atoms with van der Waals surface area (Å²) in [6, 6.07) is 17.5. The number of carbonyl (C=O) groups is 2. The van der Waals surface area contributed by atoms with E-state index in [9.17, 15) is 14.7 Å². The molecular weight excluding hydrogens is 340 g/mol. The summed E-state index contributed by atoms with van der Waals surface area (Å²) >= 11 is 0. The van der Waals surface area contributed by atoms with Gasteiger partial charge in [-0.05, 0) is 52.9 Å². The predicted molar refractivity (Wildman–Crippen MR) is 103 cm³/mol. The number of nitrogens with two attached hydrogens (primary N) is 1. The fraction of sp³-hybridized carbons (Fsp3) is 0.136. The van der Waals surface area contributed by atoms with Crippen LogP contribution in [0, 0.1) is 0 Å². The average Bonchev–Trinajstić information content (AvgIpc) is 2.69. The number of aromatic carboxylic acids is 1. The summed E-state index contributed by atoms with van der Waals surface area (Å²) in [6.07, 6.45) is 3.83. The normalized spacial score (nSPS) is 11.7. The van der Waals surface area contributed by atoms with E-state index >= 15 is 0 Å². The number of benzene rings is 2. The number of carbonyl (C=O) groups excluding carboxylic acids is 1. The lowest BCUT2D eigenvalue weighted by Crippen LogP contribution is -2.34. The molecule has 1 atom stereocenters. The Morgan fingerprint density at radius 2 is 1.63 bits per heavy atom. The van der Waals surface area contributed by atoms with Crippen LogP contribution in [0.3, 0.4) is 0 Å². The molecule has 0 radical (unpaired) electrons. The minimum atomic E-state index is -1.03. The van der Waals surface area contributed by atoms with Crippen molar-refractivity contribution in [1.29, 1.82) is 0 Å². The van der Waals surface area contributed by atoms with E-state index in [-0.39, 0.29) is 17.8 Å². The lowest BCUT2D eigenvalue weighted by Gasteiger charge is -2.12. The van der Waals surface area contributed by atoms with Crippen molar-refractivity contribution < 1.29 is 14.7 Å². The molecule has 3 N–H and O–H groups in total. The van der Waals surface area contributed by atoms with Crippen molar-refractivity contribution in [3.63, 3.8) is 0 Å². The van der Waals surface area contributed by atoms with E-state index in [4.69, 9.17) is 5.73 Å². The molecule has 0 fully saturated rings. The third-order valence-corrected chi connectivity index (χ3v) is 4.34. The molecule has 5 heteroatoms. The monoisotopic (exact) mass is 360 g/mol. The SMILES string of the molecule is N[C@@H](Cc1ccccc1)C(=O)Cc1cc(C(=O)O)cc(-c2ccncc2)c1. The van der Waals surface area contributed by atoms with E-state index < -0.39 is 12.0 Å². The van der Waals surface area contributed by atoms with Gasteiger partial charge in [-0.15, -0.1) is 0 Å². The van der Waals surface area contributed by atoms with Crippen LogP contribution >= 0.6 is 0 Å². The van der Waals surface area contributed by atoms with Gasteiger partial charge in [-0.3, -0.25) is 9.78 Å². The maximum Gasteiger partial charge on any atom is 0.335 e. The Labute approximate surface area is 157 Å². The fourth-order valence-corrected chi connectivity index (χ4v) is 2.94. The first-order valence-corrected chi connectivity index (χ1v) is 8.63. The van der Waals surface area contributed by atoms with Gasteiger partial charge in [0, 0.05) is 18.8 Å². The van der Waals surface area contributed by atoms with Crippen LogP contribution in [0.4, 0.5) is 0 Å². The molecule has 0 unspecified atom stereocenters. The summed E-state index contributed by atoms with van der Waals surface area (Å²) in [5.41, 5.74) is 9.42. The fourth-order valence-electron chi connectivity index (χ4n) is 2.94. The van der Waals surface area contributed by atoms with Gasteiger partial charge in [-0.1, -0.05) is 36.4 Å². The predicted octanol–water partition coefficient (Wildman–Crippen LogP) is 3.13. The van der Waals surface area contributed by atoms with Crippen LogP contribution in [0.5, 0.6) is 0 Å². The molecule has 0 aliphatic heterocycles. The van der Waals surface area contributed by atoms with Crippen molar-refractivity contribution in [2.75, 3.05) is 0 Å². The minimum absolute atomic E-state index is 0.0905. The Morgan fingerprint density at radius 1 is 0.926 bits per heavy atom. The molecule has 1 heterocycles. The van der Waals surface area contributed by atoms with Gasteiger partial charge < -0.3 is 10.8 Å². The highest BCUT2D eigenvalue weighted by molar-refractivity contribution is 5.91. The van der Waals surface area contributed by atoms with Crippen LogP contribution in [-0.2, 0) is 17.6 Å². The summed E-state index contributed by atoms with van der Waals surface area (Å²) in [4.78, 5) is 28.0. The van der Waals surface area contributed by atoms with Crippen LogP contribution in [0.15, 0.2) is 73.1 Å². The first-order valence-electron chi connectivity index (χ1n) is 8.63. The molecule has 0 aliphatic rings. The van der Waals surface area contributed by atoms with Gasteiger partial charge in [-0.25, -0.2) is 4.79 Å². The van der Waals surface area contributed by atoms with Crippen molar-refractivity contribution >= 4 is 11.8 Å². The Balaban J connectivity index is 1.82. The molecular formula is C22H20N2O3. The number of aromatic nitrogens is 1. The van der Waals surface area contributed by atoms with Crippen molar-refractivity contribution in [3.05, 3.63) is 89.7 Å². The Morgan fingerprint density at radius 3 is 2.30 bits per heavy atom. The molecule has 0 amide bonds. The summed E-state index contributed by atoms with van der Waals surface area (Å²) < 4.78 is 0. The lowest BCUT2D eigenvalue weighted by atomic mass is 9.94. The molecule has 0 aliphatic carbocycles. The minimum Gasteiger partial charge on any atom is -0.478 e. The number of ketones is 1. The molecule has 0 spiro atoms. The number of carboxylic acids is 1. The van der Waals surface area contributed by atoms with Gasteiger partial charge in [0.05, 0.1) is 11.6 Å². The molecule has 3 rings (SSSR count). The van der Waals surface area contributed by atoms with Gasteiger partial charge in [-0.2, -0.15) is 0 Å². The zero-order chi connectivity index (χ0) is 19.2. The van der Waals surface area contributed by atoms with Crippen LogP contribution in [0.2, 0.25) is 0 Å². The molecule has 3 aromatic rings. The van der Waals surface area contributed by atoms with Crippen LogP contribution in [0.25, 0.3) is 11.1 Å². The van der Waals surface area contributed by atoms with E-state index in [0.717, 1.165) is 16.7 Å². The number of Topliss-reactive ketones (excluding diaryl/α,β-unsaturated/α-hetero) is 1. The quantitative estimate of drug-likeness (QED) is 0.675. The summed E-state index contributed by atoms with van der Waals surface area (Å²) in [5, 5.41) is 9.40. The number of hydrogen-bond acceptors (Lipinski definition) is 4. The van der Waals surface area contributed by atoms with Crippen molar-refractivity contribution in [2.45, 2.75) is 18.9 Å². The summed E-state index contributed by atoms with van der Waals surface area (Å²) in [7, 11) is 0. The maximum atomic E-state index is 12.6. The van der Waals surface area contributed by atoms with E-state index in [1.807, 2.05) is 36.4 Å². The lowest BCUT2D eigenvalue weighted by molar-refractivity contribution is -0.119. The molecule has 0 saturated carbocycles. The number of carboxylic acid groups (broad SMARTS) is 1. The highest BCUT2D eigenvalue weighted by Gasteiger charge is 2.17. The zero-order valence-electron chi connectivity index (χ0n) is 14.7. The van der Waals surface area contributed by atoms with E-state index in [1.54, 1.807) is 30.6 Å². The molecule has 1 aromatic heterocycles. The summed E-state index contributed by atoms with van der Waals surface area (Å²) in [6.45, 7) is 0. The first kappa shape index (κ1) is 18.5. The number of nitrogens with zero attached hydrogens (tertiary/aromatic N) is 1. The van der Waals surface area contributed by atoms with Gasteiger partial charge in [0.15, 0.2) is 5.78 Å². The van der Waals surface area contributed by atoms with Crippen molar-refractivity contribution in [1.82, 2.24) is 4.98 Å². The van der Waals surface area contributed by atoms with Crippen LogP contribution in [0.1, 0.15) is 21.5 Å². The third-order valence-electron chi connectivity index (χ3n) is 4.34. The zero-order valence-corrected chi connectivity index (χ0v) is 14.7. The van der Waals surface area contributed by atoms with Crippen molar-refractivity contribution in [2.24, 2.45) is 5.73 Å². The van der Waals surface area contributed by atoms with Gasteiger partial charge in [0.1, 0.15) is 0 Å². The van der Waals surface area contributed by atoms with Gasteiger partial charge in [0.2, 0.25) is 0 Å². The average molecular weight is 360 g/mol. The Kier molecular flexibility index (Phi) is 5.74. The molecule has 0 bridgehead atoms. The Bertz CT molecular complexity index is 940. The smallest absolute Gasteiger partial charge is 0.335 e. The largest absolute Gasteiger partial charge is 0.478 e. The molecule has 5 nitrogen and oxygen atoms in total. The topological polar surface area (TPSA) is 93.3 Å². The molecule has 27 heavy (non-hydrogen) atoms. The van der Waals surface area contributed by atoms with Gasteiger partial charge in [0.25, 0.3) is 0 Å². The molecule has 2 aromatic carbocycles. The second-order valence-electron chi connectivity index (χ2n) is 6.40. The second-order valence-corrected chi connectivity index (χ2v) is 6.40.